The first kappa shape index (κ1) is 18.6. The van der Waals surface area contributed by atoms with Crippen molar-refractivity contribution in [2.45, 2.75) is 43.3 Å². The van der Waals surface area contributed by atoms with Gasteiger partial charge >= 0.3 is 12.0 Å². The van der Waals surface area contributed by atoms with Crippen LogP contribution in [-0.2, 0) is 10.0 Å². The minimum atomic E-state index is -4.13. The average molecular weight is 385 g/mol. The van der Waals surface area contributed by atoms with Crippen LogP contribution in [0.2, 0.25) is 0 Å². The van der Waals surface area contributed by atoms with E-state index in [1.54, 1.807) is 4.90 Å². The van der Waals surface area contributed by atoms with Gasteiger partial charge in [0, 0.05) is 19.1 Å². The van der Waals surface area contributed by atoms with E-state index in [0.717, 1.165) is 16.4 Å². The molecule has 2 heterocycles. The number of amides is 2. The topological polar surface area (TPSA) is 107 Å². The molecule has 3 rings (SSSR count). The number of carboxylic acid groups (broad SMARTS) is 1. The molecule has 0 saturated carbocycles. The largest absolute Gasteiger partial charge is 0.478 e. The highest BCUT2D eigenvalue weighted by Crippen LogP contribution is 2.29. The Morgan fingerprint density at radius 2 is 2.08 bits per heavy atom. The third kappa shape index (κ3) is 3.03. The summed E-state index contributed by atoms with van der Waals surface area (Å²) >= 11 is 0. The molecule has 2 fully saturated rings. The van der Waals surface area contributed by atoms with E-state index in [4.69, 9.17) is 5.11 Å². The van der Waals surface area contributed by atoms with Crippen molar-refractivity contribution < 1.29 is 27.5 Å². The second-order valence-corrected chi connectivity index (χ2v) is 8.63. The minimum Gasteiger partial charge on any atom is -0.478 e. The van der Waals surface area contributed by atoms with E-state index in [9.17, 15) is 22.4 Å². The number of hydrogen-bond acceptors (Lipinski definition) is 4. The van der Waals surface area contributed by atoms with Crippen molar-refractivity contribution in [2.75, 3.05) is 13.1 Å². The third-order valence-corrected chi connectivity index (χ3v) is 6.69. The molecule has 0 aliphatic carbocycles. The minimum absolute atomic E-state index is 0.00540. The molecular formula is C16H20FN3O5S. The van der Waals surface area contributed by atoms with Gasteiger partial charge in [0.25, 0.3) is 0 Å². The number of fused-ring (bicyclic) bond motifs is 1. The first-order valence-electron chi connectivity index (χ1n) is 8.24. The van der Waals surface area contributed by atoms with E-state index in [1.807, 2.05) is 13.8 Å². The van der Waals surface area contributed by atoms with Gasteiger partial charge in [0.15, 0.2) is 0 Å². The van der Waals surface area contributed by atoms with Gasteiger partial charge in [-0.05, 0) is 38.5 Å². The van der Waals surface area contributed by atoms with E-state index < -0.39 is 26.7 Å². The zero-order valence-corrected chi connectivity index (χ0v) is 15.2. The molecule has 2 N–H and O–H groups in total. The maximum atomic E-state index is 14.2. The van der Waals surface area contributed by atoms with Gasteiger partial charge in [0.2, 0.25) is 10.0 Å². The number of carboxylic acids is 1. The molecule has 0 spiro atoms. The molecule has 26 heavy (non-hydrogen) atoms. The van der Waals surface area contributed by atoms with Gasteiger partial charge in [-0.25, -0.2) is 22.4 Å². The van der Waals surface area contributed by atoms with Crippen LogP contribution in [0, 0.1) is 5.82 Å². The Bertz CT molecular complexity index is 857. The number of benzene rings is 1. The molecule has 2 saturated heterocycles. The van der Waals surface area contributed by atoms with Crippen LogP contribution >= 0.6 is 0 Å². The number of hydrogen-bond donors (Lipinski definition) is 2. The lowest BCUT2D eigenvalue weighted by molar-refractivity contribution is 0.0696. The summed E-state index contributed by atoms with van der Waals surface area (Å²) in [6, 6.07) is 2.01. The molecular weight excluding hydrogens is 365 g/mol. The average Bonchev–Trinajstić information content (AvgIpc) is 2.89. The molecule has 1 aromatic rings. The Labute approximate surface area is 150 Å². The number of aromatic carboxylic acids is 1. The van der Waals surface area contributed by atoms with E-state index in [-0.39, 0.29) is 42.8 Å². The number of piperidine rings is 1. The van der Waals surface area contributed by atoms with Gasteiger partial charge in [-0.15, -0.1) is 0 Å². The van der Waals surface area contributed by atoms with Crippen molar-refractivity contribution in [1.29, 1.82) is 0 Å². The number of sulfonamides is 1. The van der Waals surface area contributed by atoms with Crippen LogP contribution in [0.1, 0.15) is 30.6 Å². The predicted octanol–water partition coefficient (Wildman–Crippen LogP) is 1.09. The van der Waals surface area contributed by atoms with Gasteiger partial charge in [-0.1, -0.05) is 0 Å². The van der Waals surface area contributed by atoms with E-state index in [1.165, 1.54) is 0 Å². The van der Waals surface area contributed by atoms with Gasteiger partial charge < -0.3 is 15.3 Å². The lowest BCUT2D eigenvalue weighted by Crippen LogP contribution is -2.53. The number of urea groups is 1. The van der Waals surface area contributed by atoms with Crippen molar-refractivity contribution in [2.24, 2.45) is 0 Å². The monoisotopic (exact) mass is 385 g/mol. The third-order valence-electron chi connectivity index (χ3n) is 4.79. The fourth-order valence-electron chi connectivity index (χ4n) is 3.59. The van der Waals surface area contributed by atoms with Crippen LogP contribution in [-0.4, -0.2) is 65.9 Å². The SMILES string of the molecule is CC(C)N1C(=O)N[C@@H]2CN(S(=O)(=O)c3ccc(C(=O)O)cc3F)CC[C@@H]21. The fourth-order valence-corrected chi connectivity index (χ4v) is 5.11. The van der Waals surface area contributed by atoms with Crippen molar-refractivity contribution in [1.82, 2.24) is 14.5 Å². The molecule has 142 valence electrons. The highest BCUT2D eigenvalue weighted by Gasteiger charge is 2.46. The van der Waals surface area contributed by atoms with Crippen LogP contribution in [0.5, 0.6) is 0 Å². The van der Waals surface area contributed by atoms with Crippen LogP contribution < -0.4 is 5.32 Å². The summed E-state index contributed by atoms with van der Waals surface area (Å²) in [5.74, 6) is -2.44. The summed E-state index contributed by atoms with van der Waals surface area (Å²) < 4.78 is 40.9. The Kier molecular flexibility index (Phi) is 4.65. The zero-order valence-electron chi connectivity index (χ0n) is 14.3. The molecule has 8 nitrogen and oxygen atoms in total. The summed E-state index contributed by atoms with van der Waals surface area (Å²) in [6.07, 6.45) is 0.440. The maximum absolute atomic E-state index is 14.2. The molecule has 0 bridgehead atoms. The summed E-state index contributed by atoms with van der Waals surface area (Å²) in [5, 5.41) is 11.7. The van der Waals surface area contributed by atoms with Gasteiger partial charge in [0.1, 0.15) is 10.7 Å². The summed E-state index contributed by atoms with van der Waals surface area (Å²) in [4.78, 5) is 24.1. The second-order valence-electron chi connectivity index (χ2n) is 6.73. The number of halogens is 1. The van der Waals surface area contributed by atoms with Crippen LogP contribution in [0.15, 0.2) is 23.1 Å². The number of rotatable bonds is 4. The molecule has 0 unspecified atom stereocenters. The lowest BCUT2D eigenvalue weighted by Gasteiger charge is -2.37. The van der Waals surface area contributed by atoms with Gasteiger partial charge in [-0.3, -0.25) is 0 Å². The molecule has 0 aromatic heterocycles. The molecule has 10 heteroatoms. The quantitative estimate of drug-likeness (QED) is 0.807. The number of nitrogens with one attached hydrogen (secondary N) is 1. The number of nitrogens with zero attached hydrogens (tertiary/aromatic N) is 2. The predicted molar refractivity (Wildman–Crippen MR) is 89.8 cm³/mol. The van der Waals surface area contributed by atoms with Gasteiger partial charge in [0.05, 0.1) is 17.6 Å². The van der Waals surface area contributed by atoms with E-state index >= 15 is 0 Å². The Morgan fingerprint density at radius 1 is 1.38 bits per heavy atom. The maximum Gasteiger partial charge on any atom is 0.335 e. The number of carbonyl (C=O) groups is 2. The smallest absolute Gasteiger partial charge is 0.335 e. The molecule has 2 atom stereocenters. The summed E-state index contributed by atoms with van der Waals surface area (Å²) in [6.45, 7) is 3.98. The Hall–Kier alpha value is -2.20. The second kappa shape index (κ2) is 6.51. The molecule has 2 aliphatic rings. The highest BCUT2D eigenvalue weighted by atomic mass is 32.2. The molecule has 1 aromatic carbocycles. The van der Waals surface area contributed by atoms with Gasteiger partial charge in [-0.2, -0.15) is 4.31 Å². The Balaban J connectivity index is 1.84. The van der Waals surface area contributed by atoms with E-state index in [0.29, 0.717) is 12.5 Å². The van der Waals surface area contributed by atoms with Crippen LogP contribution in [0.4, 0.5) is 9.18 Å². The zero-order chi connectivity index (χ0) is 19.2. The summed E-state index contributed by atoms with van der Waals surface area (Å²) in [5.41, 5.74) is -0.323. The number of carbonyl (C=O) groups excluding carboxylic acids is 1. The molecule has 2 aliphatic heterocycles. The first-order valence-corrected chi connectivity index (χ1v) is 9.68. The standard InChI is InChI=1S/C16H20FN3O5S/c1-9(2)20-13-5-6-19(8-12(13)18-16(20)23)26(24,25)14-4-3-10(15(21)22)7-11(14)17/h3-4,7,9,12-13H,5-6,8H2,1-2H3,(H,18,23)(H,21,22)/t12-,13+/m1/s1. The summed E-state index contributed by atoms with van der Waals surface area (Å²) in [7, 11) is -4.13. The van der Waals surface area contributed by atoms with Crippen molar-refractivity contribution in [3.63, 3.8) is 0 Å². The highest BCUT2D eigenvalue weighted by molar-refractivity contribution is 7.89. The van der Waals surface area contributed by atoms with Crippen molar-refractivity contribution in [3.05, 3.63) is 29.6 Å². The normalized spacial score (nSPS) is 23.8. The first-order chi connectivity index (χ1) is 12.1. The molecule has 2 amide bonds. The Morgan fingerprint density at radius 3 is 2.65 bits per heavy atom. The molecule has 0 radical (unpaired) electrons. The lowest BCUT2D eigenvalue weighted by atomic mass is 10.0. The fraction of sp³-hybridized carbons (Fsp3) is 0.500. The van der Waals surface area contributed by atoms with Crippen LogP contribution in [0.3, 0.4) is 0 Å². The van der Waals surface area contributed by atoms with Crippen molar-refractivity contribution >= 4 is 22.0 Å². The van der Waals surface area contributed by atoms with Crippen LogP contribution in [0.25, 0.3) is 0 Å². The van der Waals surface area contributed by atoms with Crippen molar-refractivity contribution in [3.8, 4) is 0 Å². The van der Waals surface area contributed by atoms with E-state index in [2.05, 4.69) is 5.32 Å².